The third-order valence-corrected chi connectivity index (χ3v) is 4.27. The summed E-state index contributed by atoms with van der Waals surface area (Å²) in [6.07, 6.45) is 2.06. The Morgan fingerprint density at radius 3 is 2.60 bits per heavy atom. The lowest BCUT2D eigenvalue weighted by Gasteiger charge is -2.26. The van der Waals surface area contributed by atoms with Crippen molar-refractivity contribution in [1.82, 2.24) is 10.3 Å². The topological polar surface area (TPSA) is 57.3 Å². The molecule has 3 N–H and O–H groups in total. The number of rotatable bonds is 8. The highest BCUT2D eigenvalue weighted by Gasteiger charge is 2.21. The summed E-state index contributed by atoms with van der Waals surface area (Å²) in [6.45, 7) is 4.43. The maximum Gasteiger partial charge on any atom is 0.128 e. The third-order valence-electron chi connectivity index (χ3n) is 4.27. The second kappa shape index (κ2) is 8.19. The molecule has 4 heteroatoms. The van der Waals surface area contributed by atoms with Crippen LogP contribution < -0.4 is 10.1 Å². The van der Waals surface area contributed by atoms with Crippen LogP contribution in [0.2, 0.25) is 0 Å². The highest BCUT2D eigenvalue weighted by molar-refractivity contribution is 5.85. The first-order valence-corrected chi connectivity index (χ1v) is 8.80. The maximum atomic E-state index is 10.7. The van der Waals surface area contributed by atoms with Crippen LogP contribution in [0.25, 0.3) is 10.9 Å². The van der Waals surface area contributed by atoms with Crippen molar-refractivity contribution in [3.8, 4) is 5.75 Å². The van der Waals surface area contributed by atoms with Gasteiger partial charge in [0, 0.05) is 29.2 Å². The Bertz CT molecular complexity index is 783. The first-order chi connectivity index (χ1) is 12.1. The number of aliphatic hydroxyl groups excluding tert-OH is 1. The van der Waals surface area contributed by atoms with Crippen molar-refractivity contribution in [2.75, 3.05) is 6.61 Å². The van der Waals surface area contributed by atoms with Crippen molar-refractivity contribution in [3.63, 3.8) is 0 Å². The summed E-state index contributed by atoms with van der Waals surface area (Å²) in [4.78, 5) is 3.17. The van der Waals surface area contributed by atoms with Crippen molar-refractivity contribution >= 4 is 10.9 Å². The van der Waals surface area contributed by atoms with E-state index in [1.54, 1.807) is 0 Å². The number of aliphatic hydroxyl groups is 1. The number of hydrogen-bond acceptors (Lipinski definition) is 3. The minimum Gasteiger partial charge on any atom is -0.490 e. The minimum atomic E-state index is -0.600. The van der Waals surface area contributed by atoms with Crippen LogP contribution in [0.4, 0.5) is 0 Å². The lowest BCUT2D eigenvalue weighted by Crippen LogP contribution is -2.47. The number of aromatic amines is 1. The average Bonchev–Trinajstić information content (AvgIpc) is 3.09. The van der Waals surface area contributed by atoms with Gasteiger partial charge in [0.1, 0.15) is 18.5 Å². The molecule has 3 aromatic rings. The molecule has 2 unspecified atom stereocenters. The van der Waals surface area contributed by atoms with Gasteiger partial charge in [0.25, 0.3) is 0 Å². The number of nitrogens with one attached hydrogen (secondary N) is 2. The van der Waals surface area contributed by atoms with Crippen LogP contribution in [0, 0.1) is 0 Å². The van der Waals surface area contributed by atoms with Crippen LogP contribution >= 0.6 is 0 Å². The number of ether oxygens (including phenoxy) is 1. The Labute approximate surface area is 148 Å². The second-order valence-electron chi connectivity index (χ2n) is 6.69. The van der Waals surface area contributed by atoms with Crippen LogP contribution in [-0.2, 0) is 6.42 Å². The Kier molecular flexibility index (Phi) is 5.74. The molecular weight excluding hydrogens is 312 g/mol. The molecule has 4 nitrogen and oxygen atoms in total. The number of hydrogen-bond donors (Lipinski definition) is 3. The molecule has 0 amide bonds. The van der Waals surface area contributed by atoms with Crippen LogP contribution in [0.15, 0.2) is 60.8 Å². The normalized spacial score (nSPS) is 13.9. The fraction of sp³-hybridized carbons (Fsp3) is 0.333. The molecule has 1 heterocycles. The Balaban J connectivity index is 1.67. The van der Waals surface area contributed by atoms with E-state index in [1.807, 2.05) is 48.7 Å². The van der Waals surface area contributed by atoms with Gasteiger partial charge in [0.05, 0.1) is 0 Å². The van der Waals surface area contributed by atoms with E-state index < -0.39 is 6.10 Å². The van der Waals surface area contributed by atoms with Gasteiger partial charge in [-0.05, 0) is 30.2 Å². The van der Waals surface area contributed by atoms with Gasteiger partial charge in [-0.2, -0.15) is 0 Å². The zero-order valence-corrected chi connectivity index (χ0v) is 14.8. The van der Waals surface area contributed by atoms with Crippen molar-refractivity contribution in [2.24, 2.45) is 0 Å². The molecule has 0 spiro atoms. The molecule has 0 bridgehead atoms. The SMILES string of the molecule is CC(C)NC(Cc1ccccc1)C(O)COc1cccc2[nH]ccc12. The summed E-state index contributed by atoms with van der Waals surface area (Å²) in [7, 11) is 0. The summed E-state index contributed by atoms with van der Waals surface area (Å²) in [5, 5.41) is 15.2. The summed E-state index contributed by atoms with van der Waals surface area (Å²) >= 11 is 0. The number of H-pyrrole nitrogens is 1. The molecule has 0 fully saturated rings. The van der Waals surface area contributed by atoms with E-state index >= 15 is 0 Å². The molecule has 0 aliphatic rings. The number of aromatic nitrogens is 1. The summed E-state index contributed by atoms with van der Waals surface area (Å²) in [6, 6.07) is 18.3. The summed E-state index contributed by atoms with van der Waals surface area (Å²) in [5.41, 5.74) is 2.24. The van der Waals surface area contributed by atoms with Gasteiger partial charge >= 0.3 is 0 Å². The first-order valence-electron chi connectivity index (χ1n) is 8.80. The van der Waals surface area contributed by atoms with E-state index in [4.69, 9.17) is 4.74 Å². The minimum absolute atomic E-state index is 0.0622. The van der Waals surface area contributed by atoms with Crippen molar-refractivity contribution < 1.29 is 9.84 Å². The predicted octanol–water partition coefficient (Wildman–Crippen LogP) is 3.52. The van der Waals surface area contributed by atoms with Crippen molar-refractivity contribution in [3.05, 3.63) is 66.4 Å². The number of fused-ring (bicyclic) bond motifs is 1. The Morgan fingerprint density at radius 1 is 1.04 bits per heavy atom. The largest absolute Gasteiger partial charge is 0.490 e. The van der Waals surface area contributed by atoms with Gasteiger partial charge in [-0.1, -0.05) is 50.2 Å². The van der Waals surface area contributed by atoms with Crippen LogP contribution in [0.3, 0.4) is 0 Å². The summed E-state index contributed by atoms with van der Waals surface area (Å²) < 4.78 is 5.93. The smallest absolute Gasteiger partial charge is 0.128 e. The van der Waals surface area contributed by atoms with Gasteiger partial charge in [0.15, 0.2) is 0 Å². The molecule has 0 saturated carbocycles. The molecule has 2 aromatic carbocycles. The molecule has 25 heavy (non-hydrogen) atoms. The molecule has 132 valence electrons. The fourth-order valence-electron chi connectivity index (χ4n) is 3.08. The van der Waals surface area contributed by atoms with E-state index in [0.717, 1.165) is 23.1 Å². The third kappa shape index (κ3) is 4.62. The molecule has 1 aromatic heterocycles. The zero-order valence-electron chi connectivity index (χ0n) is 14.8. The zero-order chi connectivity index (χ0) is 17.6. The van der Waals surface area contributed by atoms with Crippen molar-refractivity contribution in [2.45, 2.75) is 38.5 Å². The second-order valence-corrected chi connectivity index (χ2v) is 6.69. The average molecular weight is 338 g/mol. The van der Waals surface area contributed by atoms with E-state index in [9.17, 15) is 5.11 Å². The standard InChI is InChI=1S/C21H26N2O2/c1-15(2)23-19(13-16-7-4-3-5-8-16)20(24)14-25-21-10-6-9-18-17(21)11-12-22-18/h3-12,15,19-20,22-24H,13-14H2,1-2H3. The van der Waals surface area contributed by atoms with E-state index in [2.05, 4.69) is 36.3 Å². The molecule has 2 atom stereocenters. The van der Waals surface area contributed by atoms with Gasteiger partial charge in [-0.3, -0.25) is 0 Å². The molecule has 3 rings (SSSR count). The molecule has 0 saturated heterocycles. The van der Waals surface area contributed by atoms with E-state index in [-0.39, 0.29) is 18.7 Å². The predicted molar refractivity (Wildman–Crippen MR) is 102 cm³/mol. The quantitative estimate of drug-likeness (QED) is 0.589. The van der Waals surface area contributed by atoms with E-state index in [1.165, 1.54) is 5.56 Å². The van der Waals surface area contributed by atoms with Crippen molar-refractivity contribution in [1.29, 1.82) is 0 Å². The lowest BCUT2D eigenvalue weighted by molar-refractivity contribution is 0.0707. The fourth-order valence-corrected chi connectivity index (χ4v) is 3.08. The highest BCUT2D eigenvalue weighted by atomic mass is 16.5. The highest BCUT2D eigenvalue weighted by Crippen LogP contribution is 2.24. The molecule has 0 aliphatic heterocycles. The first kappa shape index (κ1) is 17.5. The molecular formula is C21H26N2O2. The number of benzene rings is 2. The Hall–Kier alpha value is -2.30. The molecule has 0 aliphatic carbocycles. The van der Waals surface area contributed by atoms with Gasteiger partial charge < -0.3 is 20.1 Å². The van der Waals surface area contributed by atoms with Crippen LogP contribution in [0.5, 0.6) is 5.75 Å². The maximum absolute atomic E-state index is 10.7. The van der Waals surface area contributed by atoms with Gasteiger partial charge in [-0.15, -0.1) is 0 Å². The van der Waals surface area contributed by atoms with E-state index in [0.29, 0.717) is 0 Å². The Morgan fingerprint density at radius 2 is 1.84 bits per heavy atom. The summed E-state index contributed by atoms with van der Waals surface area (Å²) in [5.74, 6) is 0.792. The lowest BCUT2D eigenvalue weighted by atomic mass is 10.0. The molecule has 0 radical (unpaired) electrons. The monoisotopic (exact) mass is 338 g/mol. The van der Waals surface area contributed by atoms with Gasteiger partial charge in [0.2, 0.25) is 0 Å². The van der Waals surface area contributed by atoms with Crippen LogP contribution in [-0.4, -0.2) is 34.9 Å². The van der Waals surface area contributed by atoms with Gasteiger partial charge in [-0.25, -0.2) is 0 Å². The van der Waals surface area contributed by atoms with Crippen LogP contribution in [0.1, 0.15) is 19.4 Å².